The number of amides is 3. The van der Waals surface area contributed by atoms with Gasteiger partial charge in [-0.25, -0.2) is 0 Å². The van der Waals surface area contributed by atoms with Crippen molar-refractivity contribution in [3.8, 4) is 0 Å². The number of nitrogens with one attached hydrogen (secondary N) is 2. The Labute approximate surface area is 136 Å². The highest BCUT2D eigenvalue weighted by Crippen LogP contribution is 2.21. The van der Waals surface area contributed by atoms with Gasteiger partial charge in [-0.1, -0.05) is 13.0 Å². The monoisotopic (exact) mass is 317 g/mol. The van der Waals surface area contributed by atoms with E-state index in [1.165, 1.54) is 6.92 Å². The van der Waals surface area contributed by atoms with Crippen LogP contribution in [0.25, 0.3) is 0 Å². The Hall–Kier alpha value is -2.37. The number of hydrogen-bond donors (Lipinski definition) is 2. The highest BCUT2D eigenvalue weighted by atomic mass is 16.2. The van der Waals surface area contributed by atoms with E-state index < -0.39 is 0 Å². The van der Waals surface area contributed by atoms with Crippen LogP contribution in [0.15, 0.2) is 24.3 Å². The smallest absolute Gasteiger partial charge is 0.227 e. The Balaban J connectivity index is 1.90. The summed E-state index contributed by atoms with van der Waals surface area (Å²) in [7, 11) is 0. The number of hydrogen-bond acceptors (Lipinski definition) is 3. The van der Waals surface area contributed by atoms with Crippen LogP contribution in [0, 0.1) is 5.92 Å². The molecule has 0 unspecified atom stereocenters. The van der Waals surface area contributed by atoms with Crippen molar-refractivity contribution >= 4 is 29.1 Å². The minimum absolute atomic E-state index is 0.0337. The number of nitrogens with zero attached hydrogens (tertiary/aromatic N) is 1. The van der Waals surface area contributed by atoms with Crippen molar-refractivity contribution in [2.75, 3.05) is 23.7 Å². The van der Waals surface area contributed by atoms with Gasteiger partial charge in [0.25, 0.3) is 0 Å². The first-order chi connectivity index (χ1) is 11.0. The molecular weight excluding hydrogens is 294 g/mol. The van der Waals surface area contributed by atoms with Crippen LogP contribution in [-0.2, 0) is 14.4 Å². The summed E-state index contributed by atoms with van der Waals surface area (Å²) in [6, 6.07) is 7.07. The molecule has 0 atom stereocenters. The van der Waals surface area contributed by atoms with Gasteiger partial charge in [0.2, 0.25) is 17.7 Å². The number of carbonyl (C=O) groups is 3. The Bertz CT molecular complexity index is 593. The minimum atomic E-state index is -0.151. The third-order valence-corrected chi connectivity index (χ3v) is 3.97. The predicted molar refractivity (Wildman–Crippen MR) is 89.0 cm³/mol. The number of rotatable bonds is 4. The molecule has 1 heterocycles. The SMILES string of the molecule is CCC(=O)N1CCC(C(=O)Nc2cccc(NC(C)=O)c2)CC1. The molecule has 1 aliphatic heterocycles. The van der Waals surface area contributed by atoms with Gasteiger partial charge in [0.1, 0.15) is 0 Å². The van der Waals surface area contributed by atoms with E-state index in [0.717, 1.165) is 0 Å². The zero-order valence-corrected chi connectivity index (χ0v) is 13.6. The zero-order chi connectivity index (χ0) is 16.8. The summed E-state index contributed by atoms with van der Waals surface area (Å²) in [5, 5.41) is 5.58. The van der Waals surface area contributed by atoms with Crippen LogP contribution < -0.4 is 10.6 Å². The molecule has 1 saturated heterocycles. The summed E-state index contributed by atoms with van der Waals surface area (Å²) in [5.41, 5.74) is 1.31. The van der Waals surface area contributed by atoms with E-state index in [0.29, 0.717) is 43.7 Å². The van der Waals surface area contributed by atoms with Crippen LogP contribution in [-0.4, -0.2) is 35.7 Å². The summed E-state index contributed by atoms with van der Waals surface area (Å²) < 4.78 is 0. The molecule has 0 bridgehead atoms. The van der Waals surface area contributed by atoms with E-state index in [1.54, 1.807) is 24.3 Å². The van der Waals surface area contributed by atoms with E-state index in [1.807, 2.05) is 11.8 Å². The van der Waals surface area contributed by atoms with Gasteiger partial charge in [-0.2, -0.15) is 0 Å². The fraction of sp³-hybridized carbons (Fsp3) is 0.471. The maximum Gasteiger partial charge on any atom is 0.227 e. The molecule has 1 fully saturated rings. The van der Waals surface area contributed by atoms with Crippen molar-refractivity contribution in [1.82, 2.24) is 4.90 Å². The standard InChI is InChI=1S/C17H23N3O3/c1-3-16(22)20-9-7-13(8-10-20)17(23)19-15-6-4-5-14(11-15)18-12(2)21/h4-6,11,13H,3,7-10H2,1-2H3,(H,18,21)(H,19,23). The molecule has 3 amide bonds. The number of piperidine rings is 1. The van der Waals surface area contributed by atoms with Crippen LogP contribution in [0.3, 0.4) is 0 Å². The molecule has 2 N–H and O–H groups in total. The predicted octanol–water partition coefficient (Wildman–Crippen LogP) is 2.23. The van der Waals surface area contributed by atoms with Crippen molar-refractivity contribution in [3.05, 3.63) is 24.3 Å². The van der Waals surface area contributed by atoms with Crippen LogP contribution in [0.2, 0.25) is 0 Å². The summed E-state index contributed by atoms with van der Waals surface area (Å²) in [4.78, 5) is 36.9. The van der Waals surface area contributed by atoms with Crippen LogP contribution in [0.4, 0.5) is 11.4 Å². The summed E-state index contributed by atoms with van der Waals surface area (Å²) in [5.74, 6) is -0.123. The van der Waals surface area contributed by atoms with Gasteiger partial charge in [0.15, 0.2) is 0 Å². The normalized spacial score (nSPS) is 15.1. The molecule has 23 heavy (non-hydrogen) atoms. The first-order valence-electron chi connectivity index (χ1n) is 7.96. The third-order valence-electron chi connectivity index (χ3n) is 3.97. The second kappa shape index (κ2) is 7.76. The first-order valence-corrected chi connectivity index (χ1v) is 7.96. The largest absolute Gasteiger partial charge is 0.343 e. The second-order valence-electron chi connectivity index (χ2n) is 5.76. The van der Waals surface area contributed by atoms with Crippen LogP contribution in [0.1, 0.15) is 33.1 Å². The molecule has 0 radical (unpaired) electrons. The lowest BCUT2D eigenvalue weighted by Crippen LogP contribution is -2.41. The molecule has 6 nitrogen and oxygen atoms in total. The van der Waals surface area contributed by atoms with Gasteiger partial charge < -0.3 is 15.5 Å². The molecular formula is C17H23N3O3. The first kappa shape index (κ1) is 17.0. The lowest BCUT2D eigenvalue weighted by Gasteiger charge is -2.31. The van der Waals surface area contributed by atoms with Gasteiger partial charge in [0.05, 0.1) is 0 Å². The average molecular weight is 317 g/mol. The molecule has 1 aromatic carbocycles. The second-order valence-corrected chi connectivity index (χ2v) is 5.76. The van der Waals surface area contributed by atoms with Crippen LogP contribution >= 0.6 is 0 Å². The molecule has 124 valence electrons. The van der Waals surface area contributed by atoms with Gasteiger partial charge in [-0.3, -0.25) is 14.4 Å². The number of likely N-dealkylation sites (tertiary alicyclic amines) is 1. The lowest BCUT2D eigenvalue weighted by molar-refractivity contribution is -0.134. The Kier molecular flexibility index (Phi) is 5.73. The quantitative estimate of drug-likeness (QED) is 0.894. The number of benzene rings is 1. The fourth-order valence-corrected chi connectivity index (χ4v) is 2.74. The van der Waals surface area contributed by atoms with Gasteiger partial charge in [-0.05, 0) is 31.0 Å². The van der Waals surface area contributed by atoms with Crippen molar-refractivity contribution in [3.63, 3.8) is 0 Å². The molecule has 2 rings (SSSR count). The van der Waals surface area contributed by atoms with Gasteiger partial charge in [0, 0.05) is 43.7 Å². The Morgan fingerprint density at radius 3 is 2.30 bits per heavy atom. The maximum absolute atomic E-state index is 12.3. The third kappa shape index (κ3) is 4.81. The van der Waals surface area contributed by atoms with E-state index in [-0.39, 0.29) is 23.6 Å². The van der Waals surface area contributed by atoms with E-state index in [9.17, 15) is 14.4 Å². The zero-order valence-electron chi connectivity index (χ0n) is 13.6. The van der Waals surface area contributed by atoms with E-state index in [4.69, 9.17) is 0 Å². The molecule has 1 aromatic rings. The highest BCUT2D eigenvalue weighted by Gasteiger charge is 2.26. The molecule has 0 spiro atoms. The summed E-state index contributed by atoms with van der Waals surface area (Å²) >= 11 is 0. The molecule has 0 aliphatic carbocycles. The van der Waals surface area contributed by atoms with Crippen molar-refractivity contribution in [2.45, 2.75) is 33.1 Å². The van der Waals surface area contributed by atoms with Crippen molar-refractivity contribution in [1.29, 1.82) is 0 Å². The molecule has 6 heteroatoms. The maximum atomic E-state index is 12.3. The Morgan fingerprint density at radius 2 is 1.74 bits per heavy atom. The fourth-order valence-electron chi connectivity index (χ4n) is 2.74. The van der Waals surface area contributed by atoms with E-state index >= 15 is 0 Å². The van der Waals surface area contributed by atoms with Crippen molar-refractivity contribution < 1.29 is 14.4 Å². The minimum Gasteiger partial charge on any atom is -0.343 e. The Morgan fingerprint density at radius 1 is 1.13 bits per heavy atom. The molecule has 0 aromatic heterocycles. The lowest BCUT2D eigenvalue weighted by atomic mass is 9.95. The van der Waals surface area contributed by atoms with Gasteiger partial charge >= 0.3 is 0 Å². The number of carbonyl (C=O) groups excluding carboxylic acids is 3. The topological polar surface area (TPSA) is 78.5 Å². The van der Waals surface area contributed by atoms with Gasteiger partial charge in [-0.15, -0.1) is 0 Å². The average Bonchev–Trinajstić information content (AvgIpc) is 2.54. The van der Waals surface area contributed by atoms with Crippen molar-refractivity contribution in [2.24, 2.45) is 5.92 Å². The van der Waals surface area contributed by atoms with Crippen LogP contribution in [0.5, 0.6) is 0 Å². The molecule has 1 aliphatic rings. The van der Waals surface area contributed by atoms with E-state index in [2.05, 4.69) is 10.6 Å². The molecule has 0 saturated carbocycles. The highest BCUT2D eigenvalue weighted by molar-refractivity contribution is 5.94. The number of anilines is 2. The summed E-state index contributed by atoms with van der Waals surface area (Å²) in [6.45, 7) is 4.56. The summed E-state index contributed by atoms with van der Waals surface area (Å²) in [6.07, 6.45) is 1.87.